The summed E-state index contributed by atoms with van der Waals surface area (Å²) in [5.41, 5.74) is 15.3. The average Bonchev–Trinajstić information content (AvgIpc) is 2.51. The molecule has 3 heteroatoms. The number of nitrogens with two attached hydrogens (primary N) is 2. The van der Waals surface area contributed by atoms with Crippen LogP contribution in [0.25, 0.3) is 11.1 Å². The Balaban J connectivity index is 2.61. The summed E-state index contributed by atoms with van der Waals surface area (Å²) in [5.74, 6) is 0. The van der Waals surface area contributed by atoms with Crippen LogP contribution < -0.4 is 11.5 Å². The predicted molar refractivity (Wildman–Crippen MR) is 63.3 cm³/mol. The van der Waals surface area contributed by atoms with Gasteiger partial charge in [0, 0.05) is 21.8 Å². The zero-order valence-electron chi connectivity index (χ0n) is 7.95. The molecule has 2 nitrogen and oxygen atoms in total. The normalized spacial score (nSPS) is 10.4. The van der Waals surface area contributed by atoms with Gasteiger partial charge in [0.1, 0.15) is 0 Å². The zero-order chi connectivity index (χ0) is 10.1. The van der Waals surface area contributed by atoms with E-state index >= 15 is 0 Å². The first-order valence-corrected chi connectivity index (χ1v) is 5.26. The molecule has 0 aliphatic carbocycles. The molecule has 0 saturated carbocycles. The first-order valence-electron chi connectivity index (χ1n) is 4.38. The third kappa shape index (κ3) is 1.46. The molecule has 0 unspecified atom stereocenters. The molecule has 1 aromatic carbocycles. The molecule has 0 radical (unpaired) electrons. The quantitative estimate of drug-likeness (QED) is 0.702. The second-order valence-corrected chi connectivity index (χ2v) is 4.37. The van der Waals surface area contributed by atoms with E-state index in [1.807, 2.05) is 18.2 Å². The first kappa shape index (κ1) is 9.09. The number of thiophene rings is 1. The Morgan fingerprint density at radius 1 is 1.14 bits per heavy atom. The summed E-state index contributed by atoms with van der Waals surface area (Å²) in [5, 5.41) is 2.08. The molecule has 0 atom stereocenters. The maximum atomic E-state index is 5.89. The van der Waals surface area contributed by atoms with Gasteiger partial charge in [0.05, 0.1) is 0 Å². The number of anilines is 2. The SMILES string of the molecule is Cc1cc(-c2c(N)cccc2N)cs1. The van der Waals surface area contributed by atoms with Gasteiger partial charge in [-0.15, -0.1) is 11.3 Å². The number of benzene rings is 1. The lowest BCUT2D eigenvalue weighted by Crippen LogP contribution is -1.94. The van der Waals surface area contributed by atoms with E-state index in [2.05, 4.69) is 18.4 Å². The Morgan fingerprint density at radius 2 is 1.79 bits per heavy atom. The van der Waals surface area contributed by atoms with Gasteiger partial charge in [0.2, 0.25) is 0 Å². The van der Waals surface area contributed by atoms with Gasteiger partial charge in [-0.05, 0) is 36.1 Å². The highest BCUT2D eigenvalue weighted by Gasteiger charge is 2.07. The molecule has 0 amide bonds. The van der Waals surface area contributed by atoms with E-state index in [0.717, 1.165) is 22.5 Å². The maximum Gasteiger partial charge on any atom is 0.0414 e. The Bertz CT molecular complexity index is 440. The van der Waals surface area contributed by atoms with Crippen molar-refractivity contribution < 1.29 is 0 Å². The number of hydrogen-bond donors (Lipinski definition) is 2. The third-order valence-electron chi connectivity index (χ3n) is 2.15. The van der Waals surface area contributed by atoms with Gasteiger partial charge in [-0.3, -0.25) is 0 Å². The molecule has 0 bridgehead atoms. The molecule has 0 saturated heterocycles. The summed E-state index contributed by atoms with van der Waals surface area (Å²) in [6.45, 7) is 2.07. The zero-order valence-corrected chi connectivity index (χ0v) is 8.77. The molecule has 4 N–H and O–H groups in total. The van der Waals surface area contributed by atoms with E-state index in [0.29, 0.717) is 0 Å². The van der Waals surface area contributed by atoms with Crippen LogP contribution in [-0.2, 0) is 0 Å². The molecule has 72 valence electrons. The average molecular weight is 204 g/mol. The predicted octanol–water partition coefficient (Wildman–Crippen LogP) is 2.89. The number of aryl methyl sites for hydroxylation is 1. The van der Waals surface area contributed by atoms with Crippen molar-refractivity contribution in [2.24, 2.45) is 0 Å². The van der Waals surface area contributed by atoms with E-state index in [9.17, 15) is 0 Å². The van der Waals surface area contributed by atoms with Gasteiger partial charge in [0.25, 0.3) is 0 Å². The summed E-state index contributed by atoms with van der Waals surface area (Å²) in [4.78, 5) is 1.27. The largest absolute Gasteiger partial charge is 0.398 e. The van der Waals surface area contributed by atoms with Crippen LogP contribution in [0.4, 0.5) is 11.4 Å². The molecule has 0 aliphatic rings. The second-order valence-electron chi connectivity index (χ2n) is 3.26. The molecular weight excluding hydrogens is 192 g/mol. The van der Waals surface area contributed by atoms with Crippen molar-refractivity contribution in [1.29, 1.82) is 0 Å². The Hall–Kier alpha value is -1.48. The smallest absolute Gasteiger partial charge is 0.0414 e. The first-order chi connectivity index (χ1) is 6.68. The Labute approximate surface area is 87.2 Å². The van der Waals surface area contributed by atoms with Gasteiger partial charge in [0.15, 0.2) is 0 Å². The minimum Gasteiger partial charge on any atom is -0.398 e. The molecule has 1 aromatic heterocycles. The molecule has 2 rings (SSSR count). The minimum absolute atomic E-state index is 0.739. The van der Waals surface area contributed by atoms with Crippen LogP contribution in [0.5, 0.6) is 0 Å². The van der Waals surface area contributed by atoms with Crippen LogP contribution in [0.2, 0.25) is 0 Å². The fourth-order valence-corrected chi connectivity index (χ4v) is 2.19. The fraction of sp³-hybridized carbons (Fsp3) is 0.0909. The van der Waals surface area contributed by atoms with Crippen molar-refractivity contribution in [3.63, 3.8) is 0 Å². The van der Waals surface area contributed by atoms with Gasteiger partial charge in [-0.2, -0.15) is 0 Å². The lowest BCUT2D eigenvalue weighted by atomic mass is 10.0. The molecule has 0 fully saturated rings. The van der Waals surface area contributed by atoms with Crippen LogP contribution in [-0.4, -0.2) is 0 Å². The van der Waals surface area contributed by atoms with E-state index in [1.54, 1.807) is 11.3 Å². The lowest BCUT2D eigenvalue weighted by Gasteiger charge is -2.06. The molecule has 2 aromatic rings. The van der Waals surface area contributed by atoms with Crippen LogP contribution in [0, 0.1) is 6.92 Å². The molecule has 0 spiro atoms. The summed E-state index contributed by atoms with van der Waals surface area (Å²) >= 11 is 1.71. The van der Waals surface area contributed by atoms with Gasteiger partial charge < -0.3 is 11.5 Å². The summed E-state index contributed by atoms with van der Waals surface area (Å²) in [6.07, 6.45) is 0. The van der Waals surface area contributed by atoms with Crippen LogP contribution in [0.1, 0.15) is 4.88 Å². The van der Waals surface area contributed by atoms with E-state index in [-0.39, 0.29) is 0 Å². The van der Waals surface area contributed by atoms with E-state index in [1.165, 1.54) is 4.88 Å². The number of hydrogen-bond acceptors (Lipinski definition) is 3. The maximum absolute atomic E-state index is 5.89. The van der Waals surface area contributed by atoms with Gasteiger partial charge in [-0.1, -0.05) is 6.07 Å². The van der Waals surface area contributed by atoms with Crippen LogP contribution >= 0.6 is 11.3 Å². The number of rotatable bonds is 1. The Kier molecular flexibility index (Phi) is 2.17. The highest BCUT2D eigenvalue weighted by molar-refractivity contribution is 7.10. The summed E-state index contributed by atoms with van der Waals surface area (Å²) < 4.78 is 0. The highest BCUT2D eigenvalue weighted by atomic mass is 32.1. The van der Waals surface area contributed by atoms with E-state index in [4.69, 9.17) is 11.5 Å². The lowest BCUT2D eigenvalue weighted by molar-refractivity contribution is 1.60. The van der Waals surface area contributed by atoms with Crippen molar-refractivity contribution in [3.8, 4) is 11.1 Å². The van der Waals surface area contributed by atoms with E-state index < -0.39 is 0 Å². The molecule has 1 heterocycles. The summed E-state index contributed by atoms with van der Waals surface area (Å²) in [6, 6.07) is 7.72. The van der Waals surface area contributed by atoms with Crippen molar-refractivity contribution in [2.75, 3.05) is 11.5 Å². The number of nitrogen functional groups attached to an aromatic ring is 2. The van der Waals surface area contributed by atoms with Crippen molar-refractivity contribution in [3.05, 3.63) is 34.5 Å². The summed E-state index contributed by atoms with van der Waals surface area (Å²) in [7, 11) is 0. The van der Waals surface area contributed by atoms with Crippen LogP contribution in [0.15, 0.2) is 29.6 Å². The topological polar surface area (TPSA) is 52.0 Å². The van der Waals surface area contributed by atoms with Gasteiger partial charge in [-0.25, -0.2) is 0 Å². The minimum atomic E-state index is 0.739. The second kappa shape index (κ2) is 3.35. The van der Waals surface area contributed by atoms with Crippen molar-refractivity contribution in [1.82, 2.24) is 0 Å². The van der Waals surface area contributed by atoms with Crippen LogP contribution in [0.3, 0.4) is 0 Å². The molecule has 0 aliphatic heterocycles. The van der Waals surface area contributed by atoms with Crippen molar-refractivity contribution >= 4 is 22.7 Å². The molecule has 14 heavy (non-hydrogen) atoms. The molecular formula is C11H12N2S. The monoisotopic (exact) mass is 204 g/mol. The fourth-order valence-electron chi connectivity index (χ4n) is 1.50. The van der Waals surface area contributed by atoms with Crippen molar-refractivity contribution in [2.45, 2.75) is 6.92 Å². The Morgan fingerprint density at radius 3 is 2.29 bits per heavy atom. The third-order valence-corrected chi connectivity index (χ3v) is 3.01. The highest BCUT2D eigenvalue weighted by Crippen LogP contribution is 2.34. The standard InChI is InChI=1S/C11H12N2S/c1-7-5-8(6-14-7)11-9(12)3-2-4-10(11)13/h2-6H,12-13H2,1H3. The van der Waals surface area contributed by atoms with Gasteiger partial charge >= 0.3 is 0 Å².